The molecular formula is C10H10N4O. The van der Waals surface area contributed by atoms with Gasteiger partial charge in [-0.05, 0) is 12.1 Å². The Labute approximate surface area is 86.4 Å². The highest BCUT2D eigenvalue weighted by Crippen LogP contribution is 2.26. The number of rotatable bonds is 1. The van der Waals surface area contributed by atoms with E-state index in [-0.39, 0.29) is 17.4 Å². The highest BCUT2D eigenvalue weighted by molar-refractivity contribution is 5.65. The van der Waals surface area contributed by atoms with Crippen molar-refractivity contribution in [2.24, 2.45) is 0 Å². The van der Waals surface area contributed by atoms with Gasteiger partial charge in [-0.15, -0.1) is 0 Å². The Hall–Kier alpha value is -2.30. The van der Waals surface area contributed by atoms with Crippen molar-refractivity contribution in [3.63, 3.8) is 0 Å². The molecule has 0 spiro atoms. The van der Waals surface area contributed by atoms with Crippen molar-refractivity contribution in [1.82, 2.24) is 9.97 Å². The predicted molar refractivity (Wildman–Crippen MR) is 58.0 cm³/mol. The topological polar surface area (TPSA) is 98.1 Å². The maximum atomic E-state index is 9.58. The van der Waals surface area contributed by atoms with Gasteiger partial charge in [0.1, 0.15) is 17.4 Å². The lowest BCUT2D eigenvalue weighted by Crippen LogP contribution is -1.99. The van der Waals surface area contributed by atoms with Gasteiger partial charge in [-0.1, -0.05) is 12.1 Å². The number of hydrogen-bond acceptors (Lipinski definition) is 5. The summed E-state index contributed by atoms with van der Waals surface area (Å²) in [5, 5.41) is 9.58. The second-order valence-electron chi connectivity index (χ2n) is 3.06. The second kappa shape index (κ2) is 3.45. The van der Waals surface area contributed by atoms with Gasteiger partial charge in [-0.25, -0.2) is 9.97 Å². The van der Waals surface area contributed by atoms with E-state index in [4.69, 9.17) is 11.5 Å². The molecular weight excluding hydrogens is 192 g/mol. The van der Waals surface area contributed by atoms with Gasteiger partial charge in [0.2, 0.25) is 0 Å². The number of phenolic OH excluding ortho intramolecular Hbond substituents is 1. The minimum Gasteiger partial charge on any atom is -0.507 e. The fourth-order valence-electron chi connectivity index (χ4n) is 1.27. The van der Waals surface area contributed by atoms with Gasteiger partial charge < -0.3 is 16.6 Å². The van der Waals surface area contributed by atoms with Crippen LogP contribution in [0.1, 0.15) is 0 Å². The number of nitrogen functional groups attached to an aromatic ring is 2. The van der Waals surface area contributed by atoms with E-state index in [1.54, 1.807) is 24.3 Å². The number of phenols is 1. The molecule has 0 unspecified atom stereocenters. The highest BCUT2D eigenvalue weighted by Gasteiger charge is 2.07. The van der Waals surface area contributed by atoms with E-state index in [1.165, 1.54) is 6.07 Å². The summed E-state index contributed by atoms with van der Waals surface area (Å²) in [6.45, 7) is 0. The van der Waals surface area contributed by atoms with Crippen LogP contribution >= 0.6 is 0 Å². The first-order chi connectivity index (χ1) is 7.16. The molecule has 0 saturated carbocycles. The van der Waals surface area contributed by atoms with Crippen molar-refractivity contribution in [3.8, 4) is 17.1 Å². The number of aromatic hydroxyl groups is 1. The van der Waals surface area contributed by atoms with Gasteiger partial charge in [-0.2, -0.15) is 0 Å². The van der Waals surface area contributed by atoms with Gasteiger partial charge in [0.15, 0.2) is 5.82 Å². The molecule has 76 valence electrons. The van der Waals surface area contributed by atoms with Crippen molar-refractivity contribution in [1.29, 1.82) is 0 Å². The SMILES string of the molecule is Nc1cc(N)nc(-c2ccccc2O)n1. The van der Waals surface area contributed by atoms with Crippen LogP contribution < -0.4 is 11.5 Å². The smallest absolute Gasteiger partial charge is 0.167 e. The van der Waals surface area contributed by atoms with E-state index in [1.807, 2.05) is 0 Å². The first-order valence-corrected chi connectivity index (χ1v) is 4.35. The molecule has 0 amide bonds. The number of aromatic nitrogens is 2. The van der Waals surface area contributed by atoms with Crippen LogP contribution in [-0.2, 0) is 0 Å². The molecule has 0 aliphatic heterocycles. The molecule has 0 saturated heterocycles. The van der Waals surface area contributed by atoms with E-state index in [9.17, 15) is 5.11 Å². The summed E-state index contributed by atoms with van der Waals surface area (Å²) in [6.07, 6.45) is 0. The Bertz CT molecular complexity index is 478. The Morgan fingerprint density at radius 1 is 1.00 bits per heavy atom. The molecule has 0 bridgehead atoms. The molecule has 1 aromatic heterocycles. The number of nitrogens with two attached hydrogens (primary N) is 2. The fraction of sp³-hybridized carbons (Fsp3) is 0. The van der Waals surface area contributed by atoms with E-state index in [0.717, 1.165) is 0 Å². The Balaban J connectivity index is 2.59. The highest BCUT2D eigenvalue weighted by atomic mass is 16.3. The lowest BCUT2D eigenvalue weighted by atomic mass is 10.2. The molecule has 2 rings (SSSR count). The third-order valence-corrected chi connectivity index (χ3v) is 1.91. The zero-order valence-electron chi connectivity index (χ0n) is 7.88. The minimum atomic E-state index is 0.0995. The van der Waals surface area contributed by atoms with E-state index >= 15 is 0 Å². The number of hydrogen-bond donors (Lipinski definition) is 3. The van der Waals surface area contributed by atoms with Crippen LogP contribution in [0.25, 0.3) is 11.4 Å². The Morgan fingerprint density at radius 3 is 2.20 bits per heavy atom. The van der Waals surface area contributed by atoms with Crippen LogP contribution in [0.3, 0.4) is 0 Å². The van der Waals surface area contributed by atoms with Gasteiger partial charge in [0, 0.05) is 6.07 Å². The van der Waals surface area contributed by atoms with Crippen molar-refractivity contribution < 1.29 is 5.11 Å². The average Bonchev–Trinajstić information content (AvgIpc) is 2.16. The lowest BCUT2D eigenvalue weighted by molar-refractivity contribution is 0.477. The van der Waals surface area contributed by atoms with Crippen LogP contribution in [0.2, 0.25) is 0 Å². The molecule has 0 radical (unpaired) electrons. The number of anilines is 2. The third-order valence-electron chi connectivity index (χ3n) is 1.91. The standard InChI is InChI=1S/C10H10N4O/c11-8-5-9(12)14-10(13-8)6-3-1-2-4-7(6)15/h1-5,15H,(H4,11,12,13,14). The first-order valence-electron chi connectivity index (χ1n) is 4.35. The van der Waals surface area contributed by atoms with Gasteiger partial charge in [-0.3, -0.25) is 0 Å². The summed E-state index contributed by atoms with van der Waals surface area (Å²) >= 11 is 0. The molecule has 1 heterocycles. The lowest BCUT2D eigenvalue weighted by Gasteiger charge is -2.04. The zero-order valence-corrected chi connectivity index (χ0v) is 7.88. The van der Waals surface area contributed by atoms with Crippen molar-refractivity contribution >= 4 is 11.6 Å². The summed E-state index contributed by atoms with van der Waals surface area (Å²) < 4.78 is 0. The molecule has 0 atom stereocenters. The molecule has 0 aliphatic rings. The molecule has 1 aromatic carbocycles. The maximum Gasteiger partial charge on any atom is 0.167 e. The van der Waals surface area contributed by atoms with Crippen LogP contribution in [0.15, 0.2) is 30.3 Å². The number of benzene rings is 1. The largest absolute Gasteiger partial charge is 0.507 e. The van der Waals surface area contributed by atoms with Crippen LogP contribution in [0.4, 0.5) is 11.6 Å². The molecule has 5 N–H and O–H groups in total. The van der Waals surface area contributed by atoms with Crippen molar-refractivity contribution in [2.45, 2.75) is 0 Å². The third kappa shape index (κ3) is 1.80. The van der Waals surface area contributed by atoms with Gasteiger partial charge in [0.25, 0.3) is 0 Å². The van der Waals surface area contributed by atoms with Crippen LogP contribution in [0.5, 0.6) is 5.75 Å². The first kappa shape index (κ1) is 9.26. The second-order valence-corrected chi connectivity index (χ2v) is 3.06. The predicted octanol–water partition coefficient (Wildman–Crippen LogP) is 1.01. The van der Waals surface area contributed by atoms with Crippen molar-refractivity contribution in [2.75, 3.05) is 11.5 Å². The Kier molecular flexibility index (Phi) is 2.13. The van der Waals surface area contributed by atoms with E-state index in [2.05, 4.69) is 9.97 Å². The monoisotopic (exact) mass is 202 g/mol. The maximum absolute atomic E-state index is 9.58. The number of nitrogens with zero attached hydrogens (tertiary/aromatic N) is 2. The van der Waals surface area contributed by atoms with E-state index in [0.29, 0.717) is 11.4 Å². The van der Waals surface area contributed by atoms with Crippen LogP contribution in [-0.4, -0.2) is 15.1 Å². The zero-order chi connectivity index (χ0) is 10.8. The number of para-hydroxylation sites is 1. The normalized spacial score (nSPS) is 10.1. The summed E-state index contributed by atoms with van der Waals surface area (Å²) in [5.41, 5.74) is 11.6. The quantitative estimate of drug-likeness (QED) is 0.641. The van der Waals surface area contributed by atoms with Crippen molar-refractivity contribution in [3.05, 3.63) is 30.3 Å². The molecule has 0 fully saturated rings. The average molecular weight is 202 g/mol. The summed E-state index contributed by atoms with van der Waals surface area (Å²) in [4.78, 5) is 7.98. The summed E-state index contributed by atoms with van der Waals surface area (Å²) in [6, 6.07) is 8.21. The fourth-order valence-corrected chi connectivity index (χ4v) is 1.27. The van der Waals surface area contributed by atoms with Gasteiger partial charge in [0.05, 0.1) is 5.56 Å². The Morgan fingerprint density at radius 2 is 1.60 bits per heavy atom. The molecule has 0 aliphatic carbocycles. The summed E-state index contributed by atoms with van der Waals surface area (Å²) in [5.74, 6) is 0.981. The van der Waals surface area contributed by atoms with E-state index < -0.39 is 0 Å². The molecule has 5 heteroatoms. The van der Waals surface area contributed by atoms with Crippen LogP contribution in [0, 0.1) is 0 Å². The summed E-state index contributed by atoms with van der Waals surface area (Å²) in [7, 11) is 0. The molecule has 15 heavy (non-hydrogen) atoms. The minimum absolute atomic E-state index is 0.0995. The molecule has 5 nitrogen and oxygen atoms in total. The van der Waals surface area contributed by atoms with Gasteiger partial charge >= 0.3 is 0 Å². The molecule has 2 aromatic rings.